The summed E-state index contributed by atoms with van der Waals surface area (Å²) in [6.07, 6.45) is 0.0780. The SMILES string of the molecule is CO[Si](C)(CCCOCC(O)CO)C(C)(C)C(C)(C)N. The summed E-state index contributed by atoms with van der Waals surface area (Å²) in [4.78, 5) is 0. The molecule has 0 saturated heterocycles. The number of aliphatic hydroxyl groups is 2. The van der Waals surface area contributed by atoms with E-state index in [9.17, 15) is 5.11 Å². The van der Waals surface area contributed by atoms with Gasteiger partial charge in [0.25, 0.3) is 0 Å². The van der Waals surface area contributed by atoms with Gasteiger partial charge in [0.2, 0.25) is 0 Å². The monoisotopic (exact) mass is 307 g/mol. The molecule has 122 valence electrons. The van der Waals surface area contributed by atoms with E-state index >= 15 is 0 Å². The number of hydrogen-bond donors (Lipinski definition) is 3. The van der Waals surface area contributed by atoms with Crippen LogP contribution in [0.15, 0.2) is 0 Å². The molecule has 0 aromatic heterocycles. The molecule has 5 nitrogen and oxygen atoms in total. The highest BCUT2D eigenvalue weighted by Crippen LogP contribution is 2.47. The molecular weight excluding hydrogens is 274 g/mol. The molecule has 0 rings (SSSR count). The van der Waals surface area contributed by atoms with Gasteiger partial charge < -0.3 is 25.1 Å². The molecule has 0 radical (unpaired) electrons. The van der Waals surface area contributed by atoms with Crippen LogP contribution >= 0.6 is 0 Å². The molecule has 2 atom stereocenters. The first kappa shape index (κ1) is 20.0. The number of aliphatic hydroxyl groups excluding tert-OH is 2. The zero-order valence-corrected chi connectivity index (χ0v) is 14.9. The van der Waals surface area contributed by atoms with Gasteiger partial charge in [-0.15, -0.1) is 0 Å². The van der Waals surface area contributed by atoms with Crippen molar-refractivity contribution >= 4 is 8.32 Å². The molecule has 20 heavy (non-hydrogen) atoms. The second kappa shape index (κ2) is 7.86. The molecule has 0 aliphatic carbocycles. The Kier molecular flexibility index (Phi) is 7.87. The Morgan fingerprint density at radius 2 is 1.80 bits per heavy atom. The molecule has 0 aliphatic rings. The van der Waals surface area contributed by atoms with Gasteiger partial charge in [-0.25, -0.2) is 0 Å². The van der Waals surface area contributed by atoms with Gasteiger partial charge in [-0.2, -0.15) is 0 Å². The van der Waals surface area contributed by atoms with Crippen LogP contribution in [-0.4, -0.2) is 57.1 Å². The molecule has 0 aliphatic heterocycles. The van der Waals surface area contributed by atoms with Crippen molar-refractivity contribution < 1.29 is 19.4 Å². The highest BCUT2D eigenvalue weighted by Gasteiger charge is 2.51. The quantitative estimate of drug-likeness (QED) is 0.420. The van der Waals surface area contributed by atoms with Crippen LogP contribution in [0.25, 0.3) is 0 Å². The van der Waals surface area contributed by atoms with Gasteiger partial charge in [0, 0.05) is 24.3 Å². The van der Waals surface area contributed by atoms with Crippen molar-refractivity contribution in [1.82, 2.24) is 0 Å². The van der Waals surface area contributed by atoms with Gasteiger partial charge in [-0.05, 0) is 32.9 Å². The zero-order valence-electron chi connectivity index (χ0n) is 13.9. The van der Waals surface area contributed by atoms with Gasteiger partial charge in [0.15, 0.2) is 8.32 Å². The minimum Gasteiger partial charge on any atom is -0.420 e. The van der Waals surface area contributed by atoms with Gasteiger partial charge in [-0.1, -0.05) is 13.8 Å². The first-order chi connectivity index (χ1) is 9.02. The molecule has 4 N–H and O–H groups in total. The van der Waals surface area contributed by atoms with Gasteiger partial charge in [0.1, 0.15) is 6.10 Å². The second-order valence-electron chi connectivity index (χ2n) is 6.80. The summed E-state index contributed by atoms with van der Waals surface area (Å²) < 4.78 is 11.2. The molecule has 0 saturated carbocycles. The third-order valence-corrected chi connectivity index (χ3v) is 10.3. The summed E-state index contributed by atoms with van der Waals surface area (Å²) in [5.74, 6) is 0. The Morgan fingerprint density at radius 1 is 1.25 bits per heavy atom. The van der Waals surface area contributed by atoms with E-state index in [2.05, 4.69) is 20.4 Å². The van der Waals surface area contributed by atoms with E-state index in [1.54, 1.807) is 7.11 Å². The van der Waals surface area contributed by atoms with Gasteiger partial charge in [0.05, 0.1) is 13.2 Å². The lowest BCUT2D eigenvalue weighted by Crippen LogP contribution is -2.58. The summed E-state index contributed by atoms with van der Waals surface area (Å²) >= 11 is 0. The zero-order chi connectivity index (χ0) is 16.0. The van der Waals surface area contributed by atoms with E-state index in [1.807, 2.05) is 13.8 Å². The van der Waals surface area contributed by atoms with Crippen LogP contribution in [0.3, 0.4) is 0 Å². The van der Waals surface area contributed by atoms with Crippen LogP contribution < -0.4 is 5.73 Å². The van der Waals surface area contributed by atoms with Crippen molar-refractivity contribution in [3.63, 3.8) is 0 Å². The summed E-state index contributed by atoms with van der Waals surface area (Å²) in [7, 11) is -0.215. The molecule has 0 heterocycles. The van der Waals surface area contributed by atoms with Crippen molar-refractivity contribution in [2.24, 2.45) is 5.73 Å². The van der Waals surface area contributed by atoms with E-state index in [0.29, 0.717) is 6.61 Å². The first-order valence-electron chi connectivity index (χ1n) is 7.22. The molecule has 2 unspecified atom stereocenters. The Morgan fingerprint density at radius 3 is 2.20 bits per heavy atom. The van der Waals surface area contributed by atoms with E-state index in [-0.39, 0.29) is 23.8 Å². The Bertz CT molecular complexity index is 281. The van der Waals surface area contributed by atoms with E-state index in [4.69, 9.17) is 20.0 Å². The maximum Gasteiger partial charge on any atom is 0.196 e. The fourth-order valence-electron chi connectivity index (χ4n) is 2.13. The molecule has 0 aromatic carbocycles. The van der Waals surface area contributed by atoms with Crippen LogP contribution in [0.4, 0.5) is 0 Å². The van der Waals surface area contributed by atoms with Gasteiger partial charge in [-0.3, -0.25) is 0 Å². The number of ether oxygens (including phenoxy) is 1. The number of hydrogen-bond acceptors (Lipinski definition) is 5. The van der Waals surface area contributed by atoms with Crippen molar-refractivity contribution in [1.29, 1.82) is 0 Å². The van der Waals surface area contributed by atoms with E-state index in [0.717, 1.165) is 12.5 Å². The van der Waals surface area contributed by atoms with Crippen molar-refractivity contribution in [2.45, 2.75) is 63.4 Å². The molecule has 6 heteroatoms. The lowest BCUT2D eigenvalue weighted by molar-refractivity contribution is 0.00627. The third-order valence-electron chi connectivity index (χ3n) is 4.85. The lowest BCUT2D eigenvalue weighted by atomic mass is 9.91. The van der Waals surface area contributed by atoms with Crippen molar-refractivity contribution in [2.75, 3.05) is 26.9 Å². The first-order valence-corrected chi connectivity index (χ1v) is 9.84. The van der Waals surface area contributed by atoms with Crippen LogP contribution in [0, 0.1) is 0 Å². The largest absolute Gasteiger partial charge is 0.420 e. The topological polar surface area (TPSA) is 84.9 Å². The minimum absolute atomic E-state index is 0.0701. The van der Waals surface area contributed by atoms with Crippen LogP contribution in [-0.2, 0) is 9.16 Å². The third kappa shape index (κ3) is 5.09. The highest BCUT2D eigenvalue weighted by atomic mass is 28.4. The van der Waals surface area contributed by atoms with Gasteiger partial charge >= 0.3 is 0 Å². The van der Waals surface area contributed by atoms with Crippen LogP contribution in [0.5, 0.6) is 0 Å². The summed E-state index contributed by atoms with van der Waals surface area (Å²) in [5, 5.41) is 17.8. The summed E-state index contributed by atoms with van der Waals surface area (Å²) in [5.41, 5.74) is 6.02. The van der Waals surface area contributed by atoms with E-state index < -0.39 is 14.4 Å². The Labute approximate surface area is 124 Å². The summed E-state index contributed by atoms with van der Waals surface area (Å²) in [6, 6.07) is 0.951. The maximum atomic E-state index is 9.19. The normalized spacial score (nSPS) is 17.9. The van der Waals surface area contributed by atoms with E-state index in [1.165, 1.54) is 0 Å². The average molecular weight is 308 g/mol. The predicted octanol–water partition coefficient (Wildman–Crippen LogP) is 1.49. The highest BCUT2D eigenvalue weighted by molar-refractivity contribution is 6.75. The van der Waals surface area contributed by atoms with Crippen LogP contribution in [0.1, 0.15) is 34.1 Å². The average Bonchev–Trinajstić information content (AvgIpc) is 2.36. The minimum atomic E-state index is -1.99. The fraction of sp³-hybridized carbons (Fsp3) is 1.00. The van der Waals surface area contributed by atoms with Crippen molar-refractivity contribution in [3.05, 3.63) is 0 Å². The molecule has 0 fully saturated rings. The molecule has 0 spiro atoms. The fourth-order valence-corrected chi connectivity index (χ4v) is 5.66. The predicted molar refractivity (Wildman–Crippen MR) is 84.3 cm³/mol. The molecular formula is C14H33NO4Si. The van der Waals surface area contributed by atoms with Crippen LogP contribution in [0.2, 0.25) is 17.6 Å². The lowest BCUT2D eigenvalue weighted by Gasteiger charge is -2.49. The molecule has 0 amide bonds. The van der Waals surface area contributed by atoms with Crippen molar-refractivity contribution in [3.8, 4) is 0 Å². The smallest absolute Gasteiger partial charge is 0.196 e. The Balaban J connectivity index is 4.40. The Hall–Kier alpha value is 0.0169. The molecule has 0 aromatic rings. The summed E-state index contributed by atoms with van der Waals surface area (Å²) in [6.45, 7) is 11.1. The number of nitrogens with two attached hydrogens (primary N) is 1. The molecule has 0 bridgehead atoms. The maximum absolute atomic E-state index is 9.19. The second-order valence-corrected chi connectivity index (χ2v) is 11.4. The standard InChI is InChI=1S/C14H33NO4Si/c1-13(2,15)14(3,4)20(6,18-5)9-7-8-19-11-12(17)10-16/h12,16-17H,7-11,15H2,1-6H3. The number of rotatable bonds is 10.